The number of nitrogens with one attached hydrogen (secondary N) is 1. The van der Waals surface area contributed by atoms with E-state index >= 15 is 0 Å². The molecule has 0 heterocycles. The second kappa shape index (κ2) is 7.40. The number of fused-ring (bicyclic) bond motifs is 1. The first-order valence-electron chi connectivity index (χ1n) is 8.73. The van der Waals surface area contributed by atoms with Gasteiger partial charge in [-0.05, 0) is 65.9 Å². The van der Waals surface area contributed by atoms with Crippen LogP contribution >= 0.6 is 0 Å². The molecule has 0 saturated heterocycles. The molecule has 1 nitrogen and oxygen atoms in total. The van der Waals surface area contributed by atoms with Crippen LogP contribution in [0.1, 0.15) is 36.6 Å². The highest BCUT2D eigenvalue weighted by atomic mass is 14.9. The van der Waals surface area contributed by atoms with E-state index in [1.165, 1.54) is 33.0 Å². The minimum Gasteiger partial charge on any atom is -0.379 e. The first-order valence-corrected chi connectivity index (χ1v) is 8.73. The smallest absolute Gasteiger partial charge is 0.0485 e. The van der Waals surface area contributed by atoms with Gasteiger partial charge in [0.05, 0.1) is 0 Å². The lowest BCUT2D eigenvalue weighted by Crippen LogP contribution is -2.16. The molecule has 1 heteroatoms. The summed E-state index contributed by atoms with van der Waals surface area (Å²) < 4.78 is 0. The Bertz CT molecular complexity index is 940. The predicted molar refractivity (Wildman–Crippen MR) is 112 cm³/mol. The fourth-order valence-corrected chi connectivity index (χ4v) is 3.03. The maximum Gasteiger partial charge on any atom is 0.0485 e. The molecule has 1 atom stereocenters. The molecule has 0 spiro atoms. The maximum absolute atomic E-state index is 4.15. The maximum atomic E-state index is 4.15. The topological polar surface area (TPSA) is 12.0 Å². The second-order valence-corrected chi connectivity index (χ2v) is 6.62. The van der Waals surface area contributed by atoms with Gasteiger partial charge in [0.1, 0.15) is 0 Å². The van der Waals surface area contributed by atoms with Crippen LogP contribution in [-0.2, 0) is 0 Å². The highest BCUT2D eigenvalue weighted by Gasteiger charge is 2.06. The number of benzene rings is 3. The average Bonchev–Trinajstić information content (AvgIpc) is 2.62. The summed E-state index contributed by atoms with van der Waals surface area (Å²) in [6.45, 7) is 10.6. The molecule has 0 amide bonds. The van der Waals surface area contributed by atoms with Crippen molar-refractivity contribution in [1.82, 2.24) is 5.32 Å². The third-order valence-electron chi connectivity index (χ3n) is 4.79. The van der Waals surface area contributed by atoms with Gasteiger partial charge in [-0.15, -0.1) is 0 Å². The van der Waals surface area contributed by atoms with Gasteiger partial charge >= 0.3 is 0 Å². The fraction of sp³-hybridized carbons (Fsp3) is 0.167. The van der Waals surface area contributed by atoms with Crippen molar-refractivity contribution in [3.8, 4) is 0 Å². The zero-order valence-corrected chi connectivity index (χ0v) is 15.2. The molecule has 0 bridgehead atoms. The molecule has 25 heavy (non-hydrogen) atoms. The molecule has 0 aliphatic carbocycles. The molecule has 1 N–H and O–H groups in total. The molecule has 128 valence electrons. The lowest BCUT2D eigenvalue weighted by molar-refractivity contribution is 0.668. The van der Waals surface area contributed by atoms with Gasteiger partial charge in [-0.2, -0.15) is 0 Å². The quantitative estimate of drug-likeness (QED) is 0.521. The summed E-state index contributed by atoms with van der Waals surface area (Å²) in [4.78, 5) is 0. The van der Waals surface area contributed by atoms with Gasteiger partial charge in [0, 0.05) is 13.2 Å². The molecule has 0 aromatic heterocycles. The van der Waals surface area contributed by atoms with Crippen LogP contribution in [-0.4, -0.2) is 0 Å². The van der Waals surface area contributed by atoms with Crippen LogP contribution in [0.15, 0.2) is 79.0 Å². The minimum atomic E-state index is 0. The Balaban J connectivity index is 0.00000243. The number of hydrogen-bond acceptors (Lipinski definition) is 1. The molecule has 3 rings (SSSR count). The summed E-state index contributed by atoms with van der Waals surface area (Å²) in [5.74, 6) is 0. The summed E-state index contributed by atoms with van der Waals surface area (Å²) >= 11 is 0. The molecule has 0 aliphatic heterocycles. The van der Waals surface area contributed by atoms with E-state index in [1.807, 2.05) is 0 Å². The van der Waals surface area contributed by atoms with Crippen molar-refractivity contribution in [2.24, 2.45) is 0 Å². The SMILES string of the molecule is C=C(/C=C/c1cccc(C)c1C)N[C@@H](C)c1ccc2ccccc2c1.[HH]. The Morgan fingerprint density at radius 3 is 2.56 bits per heavy atom. The van der Waals surface area contributed by atoms with Crippen LogP contribution in [0.5, 0.6) is 0 Å². The van der Waals surface area contributed by atoms with Crippen LogP contribution in [0, 0.1) is 13.8 Å². The van der Waals surface area contributed by atoms with Gasteiger partial charge in [0.2, 0.25) is 0 Å². The van der Waals surface area contributed by atoms with E-state index < -0.39 is 0 Å². The first kappa shape index (κ1) is 17.0. The van der Waals surface area contributed by atoms with Gasteiger partial charge in [-0.3, -0.25) is 0 Å². The molecule has 0 fully saturated rings. The molecule has 3 aromatic carbocycles. The van der Waals surface area contributed by atoms with E-state index in [9.17, 15) is 0 Å². The van der Waals surface area contributed by atoms with Crippen LogP contribution in [0.4, 0.5) is 0 Å². The fourth-order valence-electron chi connectivity index (χ4n) is 3.03. The molecule has 0 radical (unpaired) electrons. The summed E-state index contributed by atoms with van der Waals surface area (Å²) in [6.07, 6.45) is 4.18. The zero-order chi connectivity index (χ0) is 17.8. The molecule has 3 aromatic rings. The van der Waals surface area contributed by atoms with Crippen molar-refractivity contribution in [3.63, 3.8) is 0 Å². The Labute approximate surface area is 152 Å². The van der Waals surface area contributed by atoms with E-state index in [2.05, 4.69) is 105 Å². The van der Waals surface area contributed by atoms with Crippen molar-refractivity contribution < 1.29 is 1.43 Å². The Morgan fingerprint density at radius 2 is 1.76 bits per heavy atom. The lowest BCUT2D eigenvalue weighted by atomic mass is 10.0. The van der Waals surface area contributed by atoms with Crippen molar-refractivity contribution in [2.75, 3.05) is 0 Å². The van der Waals surface area contributed by atoms with Gasteiger partial charge in [-0.25, -0.2) is 0 Å². The third kappa shape index (κ3) is 4.00. The molecule has 0 aliphatic rings. The van der Waals surface area contributed by atoms with Crippen molar-refractivity contribution in [2.45, 2.75) is 26.8 Å². The molecular weight excluding hydrogens is 302 g/mol. The van der Waals surface area contributed by atoms with E-state index in [-0.39, 0.29) is 7.47 Å². The minimum absolute atomic E-state index is 0. The van der Waals surface area contributed by atoms with E-state index in [4.69, 9.17) is 0 Å². The highest BCUT2D eigenvalue weighted by molar-refractivity contribution is 5.83. The van der Waals surface area contributed by atoms with E-state index in [0.29, 0.717) is 0 Å². The Kier molecular flexibility index (Phi) is 5.04. The van der Waals surface area contributed by atoms with Crippen LogP contribution in [0.2, 0.25) is 0 Å². The summed E-state index contributed by atoms with van der Waals surface area (Å²) in [5.41, 5.74) is 6.04. The average molecular weight is 329 g/mol. The Morgan fingerprint density at radius 1 is 1.00 bits per heavy atom. The van der Waals surface area contributed by atoms with Crippen LogP contribution < -0.4 is 5.32 Å². The number of allylic oxidation sites excluding steroid dienone is 1. The van der Waals surface area contributed by atoms with Gasteiger partial charge in [0.25, 0.3) is 0 Å². The van der Waals surface area contributed by atoms with Gasteiger partial charge < -0.3 is 5.32 Å². The van der Waals surface area contributed by atoms with Gasteiger partial charge in [-0.1, -0.05) is 67.3 Å². The largest absolute Gasteiger partial charge is 0.379 e. The second-order valence-electron chi connectivity index (χ2n) is 6.62. The molecule has 0 unspecified atom stereocenters. The van der Waals surface area contributed by atoms with E-state index in [1.54, 1.807) is 0 Å². The lowest BCUT2D eigenvalue weighted by Gasteiger charge is -2.16. The zero-order valence-electron chi connectivity index (χ0n) is 15.2. The van der Waals surface area contributed by atoms with Crippen LogP contribution in [0.3, 0.4) is 0 Å². The van der Waals surface area contributed by atoms with Gasteiger partial charge in [0.15, 0.2) is 0 Å². The summed E-state index contributed by atoms with van der Waals surface area (Å²) in [5, 5.41) is 6.02. The van der Waals surface area contributed by atoms with Crippen molar-refractivity contribution >= 4 is 16.8 Å². The van der Waals surface area contributed by atoms with Crippen molar-refractivity contribution in [3.05, 3.63) is 101 Å². The highest BCUT2D eigenvalue weighted by Crippen LogP contribution is 2.21. The predicted octanol–water partition coefficient (Wildman–Crippen LogP) is 6.58. The van der Waals surface area contributed by atoms with E-state index in [0.717, 1.165) is 5.70 Å². The normalized spacial score (nSPS) is 12.4. The third-order valence-corrected chi connectivity index (χ3v) is 4.79. The molecule has 0 saturated carbocycles. The number of aryl methyl sites for hydroxylation is 1. The summed E-state index contributed by atoms with van der Waals surface area (Å²) in [7, 11) is 0. The monoisotopic (exact) mass is 329 g/mol. The van der Waals surface area contributed by atoms with Crippen molar-refractivity contribution in [1.29, 1.82) is 0 Å². The first-order chi connectivity index (χ1) is 12.0. The Hall–Kier alpha value is -2.80. The number of rotatable bonds is 5. The molecular formula is C24H27N. The van der Waals surface area contributed by atoms with Crippen LogP contribution in [0.25, 0.3) is 16.8 Å². The number of hydrogen-bond donors (Lipinski definition) is 1. The standard InChI is InChI=1S/C24H25N.H2/c1-17-8-7-11-21(19(17)3)13-12-18(2)25-20(4)23-15-14-22-9-5-6-10-24(22)16-23;/h5-16,20,25H,2H2,1,3-4H3;1H/b13-12+;/t20-;/m0./s1. The summed E-state index contributed by atoms with van der Waals surface area (Å²) in [6, 6.07) is 21.6.